The van der Waals surface area contributed by atoms with E-state index >= 15 is 0 Å². The Hall–Kier alpha value is -3.80. The second-order valence-corrected chi connectivity index (χ2v) is 6.14. The smallest absolute Gasteiger partial charge is 0.413 e. The number of alkyl halides is 3. The number of rotatable bonds is 4. The van der Waals surface area contributed by atoms with Gasteiger partial charge in [0.05, 0.1) is 11.6 Å². The summed E-state index contributed by atoms with van der Waals surface area (Å²) in [4.78, 5) is 12.2. The molecule has 0 aliphatic carbocycles. The van der Waals surface area contributed by atoms with Crippen LogP contribution in [0.4, 0.5) is 23.7 Å². The summed E-state index contributed by atoms with van der Waals surface area (Å²) in [5, 5.41) is 22.3. The third-order valence-corrected chi connectivity index (χ3v) is 4.24. The van der Waals surface area contributed by atoms with E-state index in [4.69, 9.17) is 9.78 Å². The van der Waals surface area contributed by atoms with E-state index in [0.717, 1.165) is 0 Å². The predicted molar refractivity (Wildman–Crippen MR) is 97.1 cm³/mol. The fourth-order valence-corrected chi connectivity index (χ4v) is 2.99. The summed E-state index contributed by atoms with van der Waals surface area (Å²) in [6.45, 7) is 1.36. The zero-order valence-corrected chi connectivity index (χ0v) is 15.0. The molecule has 1 amide bonds. The highest BCUT2D eigenvalue weighted by Crippen LogP contribution is 2.44. The summed E-state index contributed by atoms with van der Waals surface area (Å²) in [5.41, 5.74) is 0.0537. The van der Waals surface area contributed by atoms with E-state index < -0.39 is 18.3 Å². The molecule has 148 valence electrons. The monoisotopic (exact) mass is 401 g/mol. The SMILES string of the molecule is Cc1noc(-c2ccc(C#N)cc2)c1N(C(=O)O)C(c1ccccc1)C(F)(F)F. The molecule has 1 aromatic heterocycles. The van der Waals surface area contributed by atoms with Crippen LogP contribution < -0.4 is 4.90 Å². The summed E-state index contributed by atoms with van der Waals surface area (Å²) in [7, 11) is 0. The zero-order valence-electron chi connectivity index (χ0n) is 15.0. The molecule has 0 saturated heterocycles. The summed E-state index contributed by atoms with van der Waals surface area (Å²) in [6.07, 6.45) is -6.71. The number of aromatic nitrogens is 1. The molecule has 1 unspecified atom stereocenters. The molecule has 9 heteroatoms. The molecule has 0 aliphatic heterocycles. The van der Waals surface area contributed by atoms with E-state index in [0.29, 0.717) is 11.1 Å². The maximum atomic E-state index is 14.0. The van der Waals surface area contributed by atoms with Crippen molar-refractivity contribution in [3.05, 3.63) is 71.4 Å². The van der Waals surface area contributed by atoms with E-state index in [1.54, 1.807) is 0 Å². The Morgan fingerprint density at radius 1 is 1.17 bits per heavy atom. The van der Waals surface area contributed by atoms with Crippen LogP contribution in [0.25, 0.3) is 11.3 Å². The quantitative estimate of drug-likeness (QED) is 0.640. The van der Waals surface area contributed by atoms with Crippen LogP contribution in [0.3, 0.4) is 0 Å². The van der Waals surface area contributed by atoms with Crippen molar-refractivity contribution in [3.63, 3.8) is 0 Å². The zero-order chi connectivity index (χ0) is 21.2. The van der Waals surface area contributed by atoms with E-state index in [9.17, 15) is 23.1 Å². The first-order valence-electron chi connectivity index (χ1n) is 8.34. The number of anilines is 1. The first-order chi connectivity index (χ1) is 13.7. The van der Waals surface area contributed by atoms with Crippen molar-refractivity contribution in [1.82, 2.24) is 5.16 Å². The Labute approximate surface area is 163 Å². The van der Waals surface area contributed by atoms with Gasteiger partial charge >= 0.3 is 12.3 Å². The molecule has 0 saturated carbocycles. The maximum Gasteiger partial charge on any atom is 0.413 e. The van der Waals surface area contributed by atoms with Crippen LogP contribution in [0, 0.1) is 18.3 Å². The maximum absolute atomic E-state index is 14.0. The Bertz CT molecular complexity index is 1050. The van der Waals surface area contributed by atoms with E-state index in [2.05, 4.69) is 5.16 Å². The Morgan fingerprint density at radius 3 is 2.31 bits per heavy atom. The summed E-state index contributed by atoms with van der Waals surface area (Å²) in [5.74, 6) is -0.139. The lowest BCUT2D eigenvalue weighted by atomic mass is 10.0. The van der Waals surface area contributed by atoms with Gasteiger partial charge in [0.2, 0.25) is 0 Å². The highest BCUT2D eigenvalue weighted by atomic mass is 19.4. The number of hydrogen-bond acceptors (Lipinski definition) is 4. The molecule has 1 heterocycles. The van der Waals surface area contributed by atoms with Crippen LogP contribution in [0.2, 0.25) is 0 Å². The minimum absolute atomic E-state index is 0.0167. The highest BCUT2D eigenvalue weighted by Gasteiger charge is 2.49. The van der Waals surface area contributed by atoms with Gasteiger partial charge in [-0.25, -0.2) is 4.79 Å². The molecular formula is C20H14F3N3O3. The fraction of sp³-hybridized carbons (Fsp3) is 0.150. The minimum Gasteiger partial charge on any atom is -0.465 e. The van der Waals surface area contributed by atoms with Gasteiger partial charge < -0.3 is 9.63 Å². The van der Waals surface area contributed by atoms with Crippen LogP contribution in [-0.4, -0.2) is 22.5 Å². The number of carbonyl (C=O) groups is 1. The lowest BCUT2D eigenvalue weighted by Gasteiger charge is -2.31. The second kappa shape index (κ2) is 7.67. The van der Waals surface area contributed by atoms with Crippen molar-refractivity contribution in [2.24, 2.45) is 0 Å². The second-order valence-electron chi connectivity index (χ2n) is 6.14. The summed E-state index contributed by atoms with van der Waals surface area (Å²) < 4.78 is 47.1. The van der Waals surface area contributed by atoms with Gasteiger partial charge in [0.25, 0.3) is 0 Å². The largest absolute Gasteiger partial charge is 0.465 e. The minimum atomic E-state index is -4.90. The summed E-state index contributed by atoms with van der Waals surface area (Å²) >= 11 is 0. The van der Waals surface area contributed by atoms with Crippen molar-refractivity contribution >= 4 is 11.8 Å². The Kier molecular flexibility index (Phi) is 5.28. The third kappa shape index (κ3) is 3.91. The van der Waals surface area contributed by atoms with Gasteiger partial charge in [-0.2, -0.15) is 18.4 Å². The van der Waals surface area contributed by atoms with Gasteiger partial charge in [-0.1, -0.05) is 35.5 Å². The van der Waals surface area contributed by atoms with Gasteiger partial charge in [-0.3, -0.25) is 4.90 Å². The highest BCUT2D eigenvalue weighted by molar-refractivity contribution is 5.93. The first-order valence-corrected chi connectivity index (χ1v) is 8.34. The number of nitriles is 1. The third-order valence-electron chi connectivity index (χ3n) is 4.24. The summed E-state index contributed by atoms with van der Waals surface area (Å²) in [6, 6.07) is 12.0. The van der Waals surface area contributed by atoms with Crippen LogP contribution in [-0.2, 0) is 0 Å². The molecular weight excluding hydrogens is 387 g/mol. The molecule has 0 fully saturated rings. The number of halogens is 3. The van der Waals surface area contributed by atoms with E-state index in [-0.39, 0.29) is 27.6 Å². The number of nitrogens with zero attached hydrogens (tertiary/aromatic N) is 3. The first kappa shape index (κ1) is 19.9. The lowest BCUT2D eigenvalue weighted by molar-refractivity contribution is -0.149. The average Bonchev–Trinajstić information content (AvgIpc) is 3.06. The van der Waals surface area contributed by atoms with Crippen molar-refractivity contribution < 1.29 is 27.6 Å². The van der Waals surface area contributed by atoms with E-state index in [1.165, 1.54) is 61.5 Å². The molecule has 29 heavy (non-hydrogen) atoms. The van der Waals surface area contributed by atoms with Crippen molar-refractivity contribution in [2.45, 2.75) is 19.1 Å². The average molecular weight is 401 g/mol. The molecule has 0 bridgehead atoms. The van der Waals surface area contributed by atoms with E-state index in [1.807, 2.05) is 6.07 Å². The molecule has 2 aromatic carbocycles. The predicted octanol–water partition coefficient (Wildman–Crippen LogP) is 5.31. The van der Waals surface area contributed by atoms with Gasteiger partial charge in [0.15, 0.2) is 11.8 Å². The molecule has 1 atom stereocenters. The Balaban J connectivity index is 2.21. The van der Waals surface area contributed by atoms with Crippen molar-refractivity contribution in [3.8, 4) is 17.4 Å². The molecule has 0 radical (unpaired) electrons. The van der Waals surface area contributed by atoms with Gasteiger partial charge in [0.1, 0.15) is 11.4 Å². The molecule has 1 N–H and O–H groups in total. The number of carboxylic acid groups (broad SMARTS) is 1. The van der Waals surface area contributed by atoms with Crippen LogP contribution in [0.1, 0.15) is 22.9 Å². The molecule has 0 aliphatic rings. The molecule has 0 spiro atoms. The van der Waals surface area contributed by atoms with Crippen LogP contribution >= 0.6 is 0 Å². The van der Waals surface area contributed by atoms with Crippen LogP contribution in [0.15, 0.2) is 59.1 Å². The van der Waals surface area contributed by atoms with Gasteiger partial charge in [-0.05, 0) is 36.8 Å². The van der Waals surface area contributed by atoms with Crippen LogP contribution in [0.5, 0.6) is 0 Å². The van der Waals surface area contributed by atoms with Gasteiger partial charge in [0, 0.05) is 5.56 Å². The molecule has 3 rings (SSSR count). The molecule has 6 nitrogen and oxygen atoms in total. The number of amides is 1. The number of aryl methyl sites for hydroxylation is 1. The van der Waals surface area contributed by atoms with Crippen molar-refractivity contribution in [2.75, 3.05) is 4.90 Å². The number of hydrogen-bond donors (Lipinski definition) is 1. The number of benzene rings is 2. The fourth-order valence-electron chi connectivity index (χ4n) is 2.99. The normalized spacial score (nSPS) is 12.2. The van der Waals surface area contributed by atoms with Crippen molar-refractivity contribution in [1.29, 1.82) is 5.26 Å². The topological polar surface area (TPSA) is 90.4 Å². The lowest BCUT2D eigenvalue weighted by Crippen LogP contribution is -2.42. The standard InChI is InChI=1S/C20H14F3N3O3/c1-12-16(17(29-25-12)14-9-7-13(11-24)8-10-14)26(19(27)28)18(20(21,22)23)15-5-3-2-4-6-15/h2-10,18H,1H3,(H,27,28). The van der Waals surface area contributed by atoms with Gasteiger partial charge in [-0.15, -0.1) is 0 Å². The molecule has 3 aromatic rings. The Morgan fingerprint density at radius 2 is 1.79 bits per heavy atom.